The summed E-state index contributed by atoms with van der Waals surface area (Å²) < 4.78 is 6.96. The molecule has 2 aliphatic rings. The van der Waals surface area contributed by atoms with Crippen LogP contribution in [0.1, 0.15) is 17.7 Å². The van der Waals surface area contributed by atoms with E-state index in [4.69, 9.17) is 21.3 Å². The molecular weight excluding hydrogens is 492 g/mol. The van der Waals surface area contributed by atoms with E-state index >= 15 is 0 Å². The molecular formula is C25H21ClN2O2S3. The normalized spacial score (nSPS) is 20.9. The van der Waals surface area contributed by atoms with Crippen LogP contribution in [-0.2, 0) is 9.53 Å². The van der Waals surface area contributed by atoms with E-state index in [1.54, 1.807) is 28.0 Å². The molecule has 0 spiro atoms. The first-order chi connectivity index (χ1) is 16.1. The van der Waals surface area contributed by atoms with Crippen molar-refractivity contribution in [3.8, 4) is 0 Å². The molecule has 4 nitrogen and oxygen atoms in total. The zero-order valence-electron chi connectivity index (χ0n) is 17.6. The fraction of sp³-hybridized carbons (Fsp3) is 0.200. The third kappa shape index (κ3) is 5.73. The molecule has 0 aliphatic carbocycles. The molecule has 8 heteroatoms. The van der Waals surface area contributed by atoms with Gasteiger partial charge in [-0.25, -0.2) is 4.99 Å². The van der Waals surface area contributed by atoms with E-state index in [0.29, 0.717) is 16.6 Å². The third-order valence-electron chi connectivity index (χ3n) is 5.19. The van der Waals surface area contributed by atoms with Crippen LogP contribution in [0.3, 0.4) is 0 Å². The van der Waals surface area contributed by atoms with E-state index in [1.807, 2.05) is 60.7 Å². The summed E-state index contributed by atoms with van der Waals surface area (Å²) in [5.41, 5.74) is 0.837. The maximum atomic E-state index is 13.3. The van der Waals surface area contributed by atoms with Crippen LogP contribution in [-0.4, -0.2) is 35.2 Å². The Morgan fingerprint density at radius 1 is 1.12 bits per heavy atom. The molecule has 0 unspecified atom stereocenters. The van der Waals surface area contributed by atoms with Crippen molar-refractivity contribution in [2.24, 2.45) is 4.99 Å². The van der Waals surface area contributed by atoms with E-state index in [2.05, 4.69) is 12.1 Å². The quantitative estimate of drug-likeness (QED) is 0.324. The van der Waals surface area contributed by atoms with Gasteiger partial charge in [0.2, 0.25) is 0 Å². The fourth-order valence-corrected chi connectivity index (χ4v) is 6.84. The standard InChI is InChI=1S/C25H21ClN2O2S3/c26-17-8-10-20(11-9-17)31-23-13-12-21(32-23)15-22-24(29)28(16-19-7-4-14-30-19)25(33-22)27-18-5-2-1-3-6-18/h1-3,5-6,8-13,15,19H,4,7,14,16H2/b22-15-,27-25?/t19-/m1/s1. The highest BCUT2D eigenvalue weighted by Gasteiger charge is 2.36. The predicted octanol–water partition coefficient (Wildman–Crippen LogP) is 7.34. The van der Waals surface area contributed by atoms with Gasteiger partial charge >= 0.3 is 0 Å². The summed E-state index contributed by atoms with van der Waals surface area (Å²) in [4.78, 5) is 22.7. The average Bonchev–Trinajstić information content (AvgIpc) is 3.56. The number of halogens is 1. The largest absolute Gasteiger partial charge is 0.376 e. The van der Waals surface area contributed by atoms with E-state index < -0.39 is 0 Å². The molecule has 3 aromatic rings. The molecule has 0 radical (unpaired) electrons. The Kier molecular flexibility index (Phi) is 7.23. The van der Waals surface area contributed by atoms with Gasteiger partial charge in [-0.05, 0) is 79.2 Å². The molecule has 168 valence electrons. The highest BCUT2D eigenvalue weighted by molar-refractivity contribution is 8.18. The number of carbonyl (C=O) groups is 1. The third-order valence-corrected chi connectivity index (χ3v) is 8.62. The van der Waals surface area contributed by atoms with Gasteiger partial charge in [0.05, 0.1) is 27.5 Å². The van der Waals surface area contributed by atoms with E-state index in [-0.39, 0.29) is 12.0 Å². The Labute approximate surface area is 210 Å². The summed E-state index contributed by atoms with van der Waals surface area (Å²) >= 11 is 10.8. The second-order valence-corrected chi connectivity index (χ2v) is 11.5. The molecule has 1 amide bonds. The lowest BCUT2D eigenvalue weighted by Crippen LogP contribution is -2.36. The van der Waals surface area contributed by atoms with Crippen LogP contribution in [0.25, 0.3) is 6.08 Å². The SMILES string of the molecule is O=C1/C(=C/c2ccc(Sc3ccc(Cl)cc3)s2)SC(=Nc2ccccc2)N1C[C@H]1CCCO1. The van der Waals surface area contributed by atoms with E-state index in [9.17, 15) is 4.79 Å². The van der Waals surface area contributed by atoms with Crippen molar-refractivity contribution in [2.75, 3.05) is 13.2 Å². The number of aliphatic imine (C=N–C) groups is 1. The number of amides is 1. The molecule has 1 aromatic heterocycles. The first-order valence-corrected chi connectivity index (χ1v) is 13.5. The average molecular weight is 513 g/mol. The van der Waals surface area contributed by atoms with Gasteiger partial charge < -0.3 is 4.74 Å². The number of thioether (sulfide) groups is 1. The van der Waals surface area contributed by atoms with Crippen molar-refractivity contribution in [1.29, 1.82) is 0 Å². The molecule has 2 aliphatic heterocycles. The fourth-order valence-electron chi connectivity index (χ4n) is 3.57. The van der Waals surface area contributed by atoms with Gasteiger partial charge in [-0.1, -0.05) is 41.6 Å². The predicted molar refractivity (Wildman–Crippen MR) is 140 cm³/mol. The topological polar surface area (TPSA) is 41.9 Å². The van der Waals surface area contributed by atoms with E-state index in [0.717, 1.165) is 44.1 Å². The van der Waals surface area contributed by atoms with Crippen molar-refractivity contribution < 1.29 is 9.53 Å². The van der Waals surface area contributed by atoms with Gasteiger partial charge in [0.25, 0.3) is 5.91 Å². The molecule has 0 saturated carbocycles. The highest BCUT2D eigenvalue weighted by Crippen LogP contribution is 2.38. The molecule has 3 heterocycles. The zero-order valence-corrected chi connectivity index (χ0v) is 20.9. The summed E-state index contributed by atoms with van der Waals surface area (Å²) in [6.45, 7) is 1.30. The summed E-state index contributed by atoms with van der Waals surface area (Å²) in [7, 11) is 0. The second kappa shape index (κ2) is 10.5. The molecule has 2 aromatic carbocycles. The van der Waals surface area contributed by atoms with Crippen LogP contribution in [0, 0.1) is 0 Å². The van der Waals surface area contributed by atoms with Crippen LogP contribution in [0.2, 0.25) is 5.02 Å². The number of thiophene rings is 1. The summed E-state index contributed by atoms with van der Waals surface area (Å²) in [5.74, 6) is -0.00881. The summed E-state index contributed by atoms with van der Waals surface area (Å²) in [6.07, 6.45) is 4.05. The van der Waals surface area contributed by atoms with Crippen molar-refractivity contribution >= 4 is 69.3 Å². The molecule has 2 fully saturated rings. The van der Waals surface area contributed by atoms with Gasteiger partial charge in [0.15, 0.2) is 5.17 Å². The number of benzene rings is 2. The maximum absolute atomic E-state index is 13.3. The number of hydrogen-bond acceptors (Lipinski definition) is 6. The van der Waals surface area contributed by atoms with Gasteiger partial charge in [0, 0.05) is 21.4 Å². The van der Waals surface area contributed by atoms with Crippen LogP contribution < -0.4 is 0 Å². The minimum Gasteiger partial charge on any atom is -0.376 e. The van der Waals surface area contributed by atoms with E-state index in [1.165, 1.54) is 11.8 Å². The van der Waals surface area contributed by atoms with Gasteiger partial charge in [-0.3, -0.25) is 9.69 Å². The Morgan fingerprint density at radius 2 is 1.94 bits per heavy atom. The highest BCUT2D eigenvalue weighted by atomic mass is 35.5. The smallest absolute Gasteiger partial charge is 0.266 e. The maximum Gasteiger partial charge on any atom is 0.266 e. The number of para-hydroxylation sites is 1. The van der Waals surface area contributed by atoms with Crippen LogP contribution in [0.15, 0.2) is 85.7 Å². The van der Waals surface area contributed by atoms with Crippen LogP contribution in [0.4, 0.5) is 5.69 Å². The Hall–Kier alpha value is -2.03. The Balaban J connectivity index is 1.37. The number of rotatable bonds is 6. The zero-order chi connectivity index (χ0) is 22.6. The van der Waals surface area contributed by atoms with Crippen molar-refractivity contribution in [3.63, 3.8) is 0 Å². The van der Waals surface area contributed by atoms with Crippen LogP contribution >= 0.6 is 46.5 Å². The monoisotopic (exact) mass is 512 g/mol. The number of carbonyl (C=O) groups excluding carboxylic acids is 1. The first kappa shape index (κ1) is 22.7. The second-order valence-electron chi connectivity index (χ2n) is 7.60. The summed E-state index contributed by atoms with van der Waals surface area (Å²) in [6, 6.07) is 21.7. The molecule has 5 rings (SSSR count). The summed E-state index contributed by atoms with van der Waals surface area (Å²) in [5, 5.41) is 1.44. The first-order valence-electron chi connectivity index (χ1n) is 10.6. The number of ether oxygens (including phenoxy) is 1. The molecule has 0 N–H and O–H groups in total. The van der Waals surface area contributed by atoms with Crippen molar-refractivity contribution in [3.05, 3.63) is 81.5 Å². The Morgan fingerprint density at radius 3 is 2.70 bits per heavy atom. The van der Waals surface area contributed by atoms with Gasteiger partial charge in [-0.2, -0.15) is 0 Å². The molecule has 2 saturated heterocycles. The molecule has 33 heavy (non-hydrogen) atoms. The lowest BCUT2D eigenvalue weighted by Gasteiger charge is -2.19. The number of nitrogens with zero attached hydrogens (tertiary/aromatic N) is 2. The Bertz CT molecular complexity index is 1190. The minimum atomic E-state index is -0.00881. The van der Waals surface area contributed by atoms with Crippen molar-refractivity contribution in [1.82, 2.24) is 4.90 Å². The molecule has 0 bridgehead atoms. The lowest BCUT2D eigenvalue weighted by molar-refractivity contribution is -0.123. The minimum absolute atomic E-state index is 0.00881. The van der Waals surface area contributed by atoms with Gasteiger partial charge in [0.1, 0.15) is 0 Å². The number of hydrogen-bond donors (Lipinski definition) is 0. The number of amidine groups is 1. The van der Waals surface area contributed by atoms with Crippen molar-refractivity contribution in [2.45, 2.75) is 28.1 Å². The van der Waals surface area contributed by atoms with Gasteiger partial charge in [-0.15, -0.1) is 11.3 Å². The molecule has 1 atom stereocenters. The lowest BCUT2D eigenvalue weighted by atomic mass is 10.2. The van der Waals surface area contributed by atoms with Crippen LogP contribution in [0.5, 0.6) is 0 Å².